The van der Waals surface area contributed by atoms with Crippen LogP contribution in [0, 0.1) is 6.92 Å². The largest absolute Gasteiger partial charge is 0.492 e. The van der Waals surface area contributed by atoms with E-state index in [-0.39, 0.29) is 0 Å². The van der Waals surface area contributed by atoms with Gasteiger partial charge in [-0.25, -0.2) is 10.4 Å². The number of imidazole rings is 1. The maximum absolute atomic E-state index is 6.37. The van der Waals surface area contributed by atoms with Gasteiger partial charge in [0.2, 0.25) is 5.95 Å². The third-order valence-corrected chi connectivity index (χ3v) is 5.28. The van der Waals surface area contributed by atoms with E-state index in [9.17, 15) is 0 Å². The number of hydrogen-bond donors (Lipinski definition) is 2. The van der Waals surface area contributed by atoms with Gasteiger partial charge >= 0.3 is 0 Å². The molecule has 0 aliphatic rings. The third kappa shape index (κ3) is 6.77. The number of ether oxygens (including phenoxy) is 1. The molecule has 30 heavy (non-hydrogen) atoms. The second-order valence-corrected chi connectivity index (χ2v) is 8.04. The maximum atomic E-state index is 6.37. The van der Waals surface area contributed by atoms with Crippen molar-refractivity contribution < 1.29 is 4.74 Å². The Hall–Kier alpha value is -2.53. The summed E-state index contributed by atoms with van der Waals surface area (Å²) in [5.74, 6) is 1.33. The molecule has 0 bridgehead atoms. The molecule has 0 atom stereocenters. The molecule has 0 saturated heterocycles. The van der Waals surface area contributed by atoms with E-state index in [1.807, 2.05) is 30.3 Å². The molecular formula is C24H31ClN4O. The topological polar surface area (TPSA) is 62.3 Å². The number of rotatable bonds is 12. The van der Waals surface area contributed by atoms with Gasteiger partial charge in [-0.15, -0.1) is 0 Å². The monoisotopic (exact) mass is 426 g/mol. The average Bonchev–Trinajstić information content (AvgIpc) is 3.13. The van der Waals surface area contributed by atoms with Gasteiger partial charge < -0.3 is 9.72 Å². The molecule has 160 valence electrons. The highest BCUT2D eigenvalue weighted by Crippen LogP contribution is 2.25. The Morgan fingerprint density at radius 1 is 1.07 bits per heavy atom. The number of nitrogens with zero attached hydrogens (tertiary/aromatic N) is 2. The molecule has 2 N–H and O–H groups in total. The first-order chi connectivity index (χ1) is 14.7. The van der Waals surface area contributed by atoms with E-state index < -0.39 is 0 Å². The van der Waals surface area contributed by atoms with Gasteiger partial charge in [-0.05, 0) is 54.8 Å². The average molecular weight is 427 g/mol. The molecule has 3 rings (SSSR count). The van der Waals surface area contributed by atoms with Crippen molar-refractivity contribution in [3.8, 4) is 5.75 Å². The molecule has 5 nitrogen and oxygen atoms in total. The summed E-state index contributed by atoms with van der Waals surface area (Å²) in [6.07, 6.45) is 10.6. The van der Waals surface area contributed by atoms with E-state index in [0.29, 0.717) is 17.6 Å². The molecule has 0 aliphatic carbocycles. The smallest absolute Gasteiger partial charge is 0.222 e. The maximum Gasteiger partial charge on any atom is 0.222 e. The Morgan fingerprint density at radius 2 is 1.87 bits per heavy atom. The summed E-state index contributed by atoms with van der Waals surface area (Å²) in [6, 6.07) is 11.8. The summed E-state index contributed by atoms with van der Waals surface area (Å²) in [4.78, 5) is 7.67. The second-order valence-electron chi connectivity index (χ2n) is 7.64. The van der Waals surface area contributed by atoms with E-state index in [1.54, 1.807) is 6.21 Å². The van der Waals surface area contributed by atoms with Crippen molar-refractivity contribution >= 4 is 34.8 Å². The predicted octanol–water partition coefficient (Wildman–Crippen LogP) is 7.10. The number of hydrogen-bond acceptors (Lipinski definition) is 4. The predicted molar refractivity (Wildman–Crippen MR) is 127 cm³/mol. The number of H-pyrrole nitrogens is 1. The Labute approximate surface area is 183 Å². The highest BCUT2D eigenvalue weighted by atomic mass is 35.5. The second kappa shape index (κ2) is 11.6. The normalized spacial score (nSPS) is 11.4. The Kier molecular flexibility index (Phi) is 8.57. The summed E-state index contributed by atoms with van der Waals surface area (Å²) in [5.41, 5.74) is 6.90. The number of fused-ring (bicyclic) bond motifs is 1. The first kappa shape index (κ1) is 22.2. The van der Waals surface area contributed by atoms with Crippen molar-refractivity contribution in [2.24, 2.45) is 5.10 Å². The number of nitrogens with one attached hydrogen (secondary N) is 2. The number of unbranched alkanes of at least 4 members (excludes halogenated alkanes) is 6. The minimum absolute atomic E-state index is 0.598. The van der Waals surface area contributed by atoms with Crippen LogP contribution in [0.15, 0.2) is 41.5 Å². The van der Waals surface area contributed by atoms with Crippen molar-refractivity contribution in [2.75, 3.05) is 12.0 Å². The van der Waals surface area contributed by atoms with Crippen LogP contribution in [-0.2, 0) is 0 Å². The fourth-order valence-electron chi connectivity index (χ4n) is 3.30. The van der Waals surface area contributed by atoms with Gasteiger partial charge in [-0.3, -0.25) is 0 Å². The molecule has 0 amide bonds. The van der Waals surface area contributed by atoms with E-state index in [4.69, 9.17) is 16.3 Å². The van der Waals surface area contributed by atoms with Crippen LogP contribution >= 0.6 is 11.6 Å². The van der Waals surface area contributed by atoms with E-state index in [0.717, 1.165) is 28.8 Å². The zero-order valence-electron chi connectivity index (χ0n) is 17.9. The lowest BCUT2D eigenvalue weighted by Crippen LogP contribution is -1.98. The van der Waals surface area contributed by atoms with Crippen LogP contribution in [0.25, 0.3) is 11.0 Å². The Bertz CT molecular complexity index is 967. The molecule has 6 heteroatoms. The Balaban J connectivity index is 1.43. The lowest BCUT2D eigenvalue weighted by Gasteiger charge is -2.08. The number of anilines is 1. The number of hydrazone groups is 1. The third-order valence-electron chi connectivity index (χ3n) is 4.98. The summed E-state index contributed by atoms with van der Waals surface area (Å²) >= 11 is 6.37. The standard InChI is InChI=1S/C24H31ClN4O/c1-3-4-5-6-7-8-9-14-30-23-13-11-19(16-20(23)25)17-26-29-24-27-21-12-10-18(2)15-22(21)28-24/h10-13,15-17H,3-9,14H2,1-2H3,(H2,27,28,29)/b26-17-. The number of aryl methyl sites for hydroxylation is 1. The van der Waals surface area contributed by atoms with Gasteiger partial charge in [-0.2, -0.15) is 5.10 Å². The number of benzene rings is 2. The molecule has 1 aromatic heterocycles. The van der Waals surface area contributed by atoms with Gasteiger partial charge in [0.25, 0.3) is 0 Å². The van der Waals surface area contributed by atoms with Crippen LogP contribution in [0.2, 0.25) is 5.02 Å². The lowest BCUT2D eigenvalue weighted by atomic mass is 10.1. The van der Waals surface area contributed by atoms with Gasteiger partial charge in [0.1, 0.15) is 5.75 Å². The van der Waals surface area contributed by atoms with Crippen LogP contribution in [-0.4, -0.2) is 22.8 Å². The van der Waals surface area contributed by atoms with Crippen molar-refractivity contribution in [3.05, 3.63) is 52.5 Å². The minimum Gasteiger partial charge on any atom is -0.492 e. The zero-order chi connectivity index (χ0) is 21.2. The quantitative estimate of drug-likeness (QED) is 0.184. The van der Waals surface area contributed by atoms with Gasteiger partial charge in [-0.1, -0.05) is 63.1 Å². The van der Waals surface area contributed by atoms with Gasteiger partial charge in [0, 0.05) is 0 Å². The van der Waals surface area contributed by atoms with Crippen LogP contribution in [0.5, 0.6) is 5.75 Å². The van der Waals surface area contributed by atoms with Crippen LogP contribution < -0.4 is 10.2 Å². The van der Waals surface area contributed by atoms with Crippen LogP contribution in [0.1, 0.15) is 63.0 Å². The highest BCUT2D eigenvalue weighted by Gasteiger charge is 2.04. The summed E-state index contributed by atoms with van der Waals surface area (Å²) in [6.45, 7) is 5.00. The van der Waals surface area contributed by atoms with E-state index in [1.165, 1.54) is 44.1 Å². The molecule has 0 radical (unpaired) electrons. The first-order valence-electron chi connectivity index (χ1n) is 10.8. The molecule has 0 unspecified atom stereocenters. The SMILES string of the molecule is CCCCCCCCCOc1ccc(/C=N\Nc2nc3ccc(C)cc3[nH]2)cc1Cl. The van der Waals surface area contributed by atoms with Gasteiger partial charge in [0.15, 0.2) is 0 Å². The van der Waals surface area contributed by atoms with Crippen LogP contribution in [0.4, 0.5) is 5.95 Å². The molecular weight excluding hydrogens is 396 g/mol. The molecule has 0 aliphatic heterocycles. The lowest BCUT2D eigenvalue weighted by molar-refractivity contribution is 0.304. The molecule has 3 aromatic rings. The molecule has 0 saturated carbocycles. The molecule has 1 heterocycles. The van der Waals surface area contributed by atoms with E-state index >= 15 is 0 Å². The molecule has 2 aromatic carbocycles. The summed E-state index contributed by atoms with van der Waals surface area (Å²) in [7, 11) is 0. The fourth-order valence-corrected chi connectivity index (χ4v) is 3.54. The first-order valence-corrected chi connectivity index (χ1v) is 11.2. The highest BCUT2D eigenvalue weighted by molar-refractivity contribution is 6.32. The van der Waals surface area contributed by atoms with Crippen molar-refractivity contribution in [3.63, 3.8) is 0 Å². The molecule has 0 fully saturated rings. The fraction of sp³-hybridized carbons (Fsp3) is 0.417. The van der Waals surface area contributed by atoms with Crippen molar-refractivity contribution in [1.82, 2.24) is 9.97 Å². The van der Waals surface area contributed by atoms with Crippen molar-refractivity contribution in [1.29, 1.82) is 0 Å². The zero-order valence-corrected chi connectivity index (χ0v) is 18.6. The van der Waals surface area contributed by atoms with E-state index in [2.05, 4.69) is 40.4 Å². The number of halogens is 1. The van der Waals surface area contributed by atoms with Crippen LogP contribution in [0.3, 0.4) is 0 Å². The molecule has 0 spiro atoms. The summed E-state index contributed by atoms with van der Waals surface area (Å²) < 4.78 is 5.83. The van der Waals surface area contributed by atoms with Gasteiger partial charge in [0.05, 0.1) is 28.9 Å². The summed E-state index contributed by atoms with van der Waals surface area (Å²) in [5, 5.41) is 4.85. The number of aromatic amines is 1. The Morgan fingerprint density at radius 3 is 2.67 bits per heavy atom. The number of aromatic nitrogens is 2. The minimum atomic E-state index is 0.598. The van der Waals surface area contributed by atoms with Crippen molar-refractivity contribution in [2.45, 2.75) is 58.8 Å².